The van der Waals surface area contributed by atoms with E-state index in [4.69, 9.17) is 17.3 Å². The largest absolute Gasteiger partial charge is 0.324 e. The molecule has 0 bridgehead atoms. The Bertz CT molecular complexity index is 227. The fourth-order valence-electron chi connectivity index (χ4n) is 0.788. The molecule has 0 saturated carbocycles. The maximum absolute atomic E-state index is 5.70. The van der Waals surface area contributed by atoms with Crippen LogP contribution in [0.3, 0.4) is 0 Å². The van der Waals surface area contributed by atoms with E-state index >= 15 is 0 Å². The first-order valence-corrected chi connectivity index (χ1v) is 3.86. The molecule has 0 aliphatic rings. The predicted molar refractivity (Wildman–Crippen MR) is 44.3 cm³/mol. The summed E-state index contributed by atoms with van der Waals surface area (Å²) in [6.07, 6.45) is 0.856. The van der Waals surface area contributed by atoms with E-state index in [0.29, 0.717) is 17.5 Å². The molecule has 1 rings (SSSR count). The van der Waals surface area contributed by atoms with Crippen LogP contribution in [0.25, 0.3) is 0 Å². The molecule has 0 unspecified atom stereocenters. The Hall–Kier alpha value is -0.670. The number of rotatable bonds is 2. The van der Waals surface area contributed by atoms with Crippen LogP contribution in [-0.4, -0.2) is 9.97 Å². The molecule has 1 heterocycles. The summed E-state index contributed by atoms with van der Waals surface area (Å²) in [6.45, 7) is 2.35. The first kappa shape index (κ1) is 8.43. The van der Waals surface area contributed by atoms with Gasteiger partial charge in [0.15, 0.2) is 0 Å². The molecule has 1 aromatic rings. The van der Waals surface area contributed by atoms with E-state index in [1.165, 1.54) is 0 Å². The van der Waals surface area contributed by atoms with Crippen LogP contribution >= 0.6 is 11.6 Å². The van der Waals surface area contributed by atoms with Crippen LogP contribution in [0.2, 0.25) is 5.15 Å². The Morgan fingerprint density at radius 1 is 1.55 bits per heavy atom. The Kier molecular flexibility index (Phi) is 2.79. The molecule has 0 saturated heterocycles. The lowest BCUT2D eigenvalue weighted by Gasteiger charge is -1.99. The number of hydrogen-bond acceptors (Lipinski definition) is 3. The maximum Gasteiger partial charge on any atom is 0.143 e. The summed E-state index contributed by atoms with van der Waals surface area (Å²) < 4.78 is 0. The topological polar surface area (TPSA) is 51.8 Å². The lowest BCUT2D eigenvalue weighted by Crippen LogP contribution is -2.04. The zero-order valence-electron chi connectivity index (χ0n) is 6.34. The molecule has 4 heteroatoms. The Morgan fingerprint density at radius 3 is 2.82 bits per heavy atom. The maximum atomic E-state index is 5.70. The minimum atomic E-state index is 0.341. The van der Waals surface area contributed by atoms with Crippen molar-refractivity contribution in [2.75, 3.05) is 0 Å². The summed E-state index contributed by atoms with van der Waals surface area (Å²) >= 11 is 5.70. The number of hydrogen-bond donors (Lipinski definition) is 1. The van der Waals surface area contributed by atoms with Crippen molar-refractivity contribution in [1.29, 1.82) is 0 Å². The molecule has 2 N–H and O–H groups in total. The number of aromatic nitrogens is 2. The van der Waals surface area contributed by atoms with Crippen molar-refractivity contribution in [3.05, 3.63) is 22.7 Å². The summed E-state index contributed by atoms with van der Waals surface area (Å²) in [4.78, 5) is 8.08. The molecule has 0 fully saturated rings. The van der Waals surface area contributed by atoms with Crippen LogP contribution in [-0.2, 0) is 13.0 Å². The Morgan fingerprint density at radius 2 is 2.27 bits per heavy atom. The minimum absolute atomic E-state index is 0.341. The van der Waals surface area contributed by atoms with Gasteiger partial charge in [0.2, 0.25) is 0 Å². The van der Waals surface area contributed by atoms with Crippen LogP contribution in [0.1, 0.15) is 18.4 Å². The van der Waals surface area contributed by atoms with Crippen LogP contribution in [0, 0.1) is 0 Å². The zero-order chi connectivity index (χ0) is 8.27. The highest BCUT2D eigenvalue weighted by Gasteiger charge is 1.98. The number of nitrogens with zero attached hydrogens (tertiary/aromatic N) is 2. The van der Waals surface area contributed by atoms with Crippen LogP contribution in [0.4, 0.5) is 0 Å². The van der Waals surface area contributed by atoms with E-state index < -0.39 is 0 Å². The number of aryl methyl sites for hydroxylation is 1. The molecule has 0 aliphatic heterocycles. The number of nitrogens with two attached hydrogens (primary N) is 1. The highest BCUT2D eigenvalue weighted by atomic mass is 35.5. The second kappa shape index (κ2) is 3.64. The zero-order valence-corrected chi connectivity index (χ0v) is 7.10. The average Bonchev–Trinajstić information content (AvgIpc) is 2.03. The highest BCUT2D eigenvalue weighted by molar-refractivity contribution is 6.29. The van der Waals surface area contributed by atoms with Crippen LogP contribution < -0.4 is 5.73 Å². The second-order valence-electron chi connectivity index (χ2n) is 2.16. The minimum Gasteiger partial charge on any atom is -0.324 e. The lowest BCUT2D eigenvalue weighted by atomic mass is 10.3. The average molecular weight is 172 g/mol. The third-order valence-electron chi connectivity index (χ3n) is 1.34. The van der Waals surface area contributed by atoms with Gasteiger partial charge >= 0.3 is 0 Å². The summed E-state index contributed by atoms with van der Waals surface area (Å²) in [7, 11) is 0. The van der Waals surface area contributed by atoms with Gasteiger partial charge < -0.3 is 5.73 Å². The van der Waals surface area contributed by atoms with Crippen LogP contribution in [0.15, 0.2) is 6.07 Å². The summed E-state index contributed by atoms with van der Waals surface area (Å²) in [5.41, 5.74) is 6.29. The van der Waals surface area contributed by atoms with E-state index in [1.54, 1.807) is 6.07 Å². The van der Waals surface area contributed by atoms with E-state index in [1.807, 2.05) is 6.92 Å². The standard InChI is InChI=1S/C7H10ClN3/c1-2-5-3-6(8)11-7(4-9)10-5/h3H,2,4,9H2,1H3. The molecule has 1 aromatic heterocycles. The Balaban J connectivity index is 3.02. The van der Waals surface area contributed by atoms with Crippen LogP contribution in [0.5, 0.6) is 0 Å². The van der Waals surface area contributed by atoms with Gasteiger partial charge in [0, 0.05) is 5.69 Å². The lowest BCUT2D eigenvalue weighted by molar-refractivity contribution is 0.868. The molecule has 0 spiro atoms. The monoisotopic (exact) mass is 171 g/mol. The van der Waals surface area contributed by atoms with Gasteiger partial charge in [-0.15, -0.1) is 0 Å². The van der Waals surface area contributed by atoms with Gasteiger partial charge in [0.05, 0.1) is 6.54 Å². The SMILES string of the molecule is CCc1cc(Cl)nc(CN)n1. The van der Waals surface area contributed by atoms with Gasteiger partial charge in [-0.05, 0) is 12.5 Å². The molecule has 0 aliphatic carbocycles. The summed E-state index contributed by atoms with van der Waals surface area (Å²) in [5.74, 6) is 0.606. The molecule has 60 valence electrons. The van der Waals surface area contributed by atoms with Crippen molar-refractivity contribution in [1.82, 2.24) is 9.97 Å². The normalized spacial score (nSPS) is 10.1. The van der Waals surface area contributed by atoms with E-state index in [2.05, 4.69) is 9.97 Å². The van der Waals surface area contributed by atoms with Gasteiger partial charge in [-0.25, -0.2) is 9.97 Å². The molecule has 11 heavy (non-hydrogen) atoms. The van der Waals surface area contributed by atoms with Gasteiger partial charge in [0.25, 0.3) is 0 Å². The van der Waals surface area contributed by atoms with Crippen molar-refractivity contribution >= 4 is 11.6 Å². The molecular formula is C7H10ClN3. The van der Waals surface area contributed by atoms with Gasteiger partial charge in [-0.2, -0.15) is 0 Å². The van der Waals surface area contributed by atoms with E-state index in [-0.39, 0.29) is 0 Å². The fourth-order valence-corrected chi connectivity index (χ4v) is 1.01. The smallest absolute Gasteiger partial charge is 0.143 e. The van der Waals surface area contributed by atoms with Crippen molar-refractivity contribution in [3.63, 3.8) is 0 Å². The Labute approximate surface area is 70.6 Å². The van der Waals surface area contributed by atoms with Gasteiger partial charge in [0.1, 0.15) is 11.0 Å². The first-order chi connectivity index (χ1) is 5.26. The fraction of sp³-hybridized carbons (Fsp3) is 0.429. The second-order valence-corrected chi connectivity index (χ2v) is 2.54. The molecule has 0 atom stereocenters. The molecule has 0 aromatic carbocycles. The molecule has 3 nitrogen and oxygen atoms in total. The predicted octanol–water partition coefficient (Wildman–Crippen LogP) is 1.15. The van der Waals surface area contributed by atoms with Gasteiger partial charge in [-0.3, -0.25) is 0 Å². The number of halogens is 1. The van der Waals surface area contributed by atoms with Crippen molar-refractivity contribution < 1.29 is 0 Å². The van der Waals surface area contributed by atoms with Gasteiger partial charge in [-0.1, -0.05) is 18.5 Å². The summed E-state index contributed by atoms with van der Waals surface area (Å²) in [5, 5.41) is 0.470. The quantitative estimate of drug-likeness (QED) is 0.680. The summed E-state index contributed by atoms with van der Waals surface area (Å²) in [6, 6.07) is 1.75. The molecule has 0 radical (unpaired) electrons. The van der Waals surface area contributed by atoms with E-state index in [0.717, 1.165) is 12.1 Å². The van der Waals surface area contributed by atoms with E-state index in [9.17, 15) is 0 Å². The van der Waals surface area contributed by atoms with Crippen molar-refractivity contribution in [3.8, 4) is 0 Å². The van der Waals surface area contributed by atoms with Crippen molar-refractivity contribution in [2.24, 2.45) is 5.73 Å². The highest BCUT2D eigenvalue weighted by Crippen LogP contribution is 2.06. The third-order valence-corrected chi connectivity index (χ3v) is 1.53. The molecule has 0 amide bonds. The third kappa shape index (κ3) is 2.13. The molecular weight excluding hydrogens is 162 g/mol. The first-order valence-electron chi connectivity index (χ1n) is 3.48. The van der Waals surface area contributed by atoms with Crippen molar-refractivity contribution in [2.45, 2.75) is 19.9 Å².